The van der Waals surface area contributed by atoms with Crippen LogP contribution in [0.25, 0.3) is 0 Å². The van der Waals surface area contributed by atoms with Gasteiger partial charge in [0.05, 0.1) is 0 Å². The topological polar surface area (TPSA) is 18.5 Å². The summed E-state index contributed by atoms with van der Waals surface area (Å²) in [5.41, 5.74) is 0.0407. The molecule has 0 amide bonds. The Morgan fingerprint density at radius 2 is 1.64 bits per heavy atom. The van der Waals surface area contributed by atoms with E-state index in [1.807, 2.05) is 0 Å². The molecule has 0 saturated heterocycles. The molecule has 0 rings (SSSR count). The maximum absolute atomic E-state index is 5.76. The Morgan fingerprint density at radius 1 is 1.14 bits per heavy atom. The number of ether oxygens (including phenoxy) is 1. The number of hydrogen-bond donors (Lipinski definition) is 0. The molecule has 0 N–H and O–H groups in total. The first-order valence-electron chi connectivity index (χ1n) is 5.37. The number of hydrogen-bond acceptors (Lipinski definition) is 2. The van der Waals surface area contributed by atoms with Crippen LogP contribution in [0.3, 0.4) is 0 Å². The summed E-state index contributed by atoms with van der Waals surface area (Å²) in [6.07, 6.45) is 2.22. The van der Waals surface area contributed by atoms with Gasteiger partial charge in [0.15, 0.2) is 0 Å². The van der Waals surface area contributed by atoms with E-state index in [0.717, 1.165) is 6.61 Å². The summed E-state index contributed by atoms with van der Waals surface area (Å²) in [5, 5.41) is 0. The van der Waals surface area contributed by atoms with Crippen LogP contribution in [0.1, 0.15) is 47.5 Å². The van der Waals surface area contributed by atoms with Crippen LogP contribution in [0.5, 0.6) is 0 Å². The molecule has 0 spiro atoms. The van der Waals surface area contributed by atoms with Crippen molar-refractivity contribution in [3.63, 3.8) is 0 Å². The molecule has 84 valence electrons. The molecule has 0 heterocycles. The van der Waals surface area contributed by atoms with E-state index in [0.29, 0.717) is 5.92 Å². The predicted octanol–water partition coefficient (Wildman–Crippen LogP) is 3.29. The van der Waals surface area contributed by atoms with E-state index in [4.69, 9.17) is 8.40 Å². The van der Waals surface area contributed by atoms with Crippen LogP contribution in [0.4, 0.5) is 0 Å². The second-order valence-corrected chi connectivity index (χ2v) is 5.15. The van der Waals surface area contributed by atoms with E-state index in [9.17, 15) is 0 Å². The van der Waals surface area contributed by atoms with Gasteiger partial charge in [-0.25, -0.2) is 0 Å². The molecule has 0 aromatic rings. The molecular weight excluding hydrogens is 215 g/mol. The molecule has 0 fully saturated rings. The maximum atomic E-state index is 5.76. The van der Waals surface area contributed by atoms with Crippen LogP contribution in [0.2, 0.25) is 0 Å². The van der Waals surface area contributed by atoms with E-state index in [-0.39, 0.29) is 11.7 Å². The Labute approximate surface area is 98.1 Å². The Bertz CT molecular complexity index is 139. The van der Waals surface area contributed by atoms with Gasteiger partial charge in [-0.15, -0.1) is 0 Å². The normalized spacial score (nSPS) is 14.7. The van der Waals surface area contributed by atoms with Crippen LogP contribution < -0.4 is 0 Å². The average molecular weight is 238 g/mol. The van der Waals surface area contributed by atoms with Gasteiger partial charge in [-0.05, 0) is 0 Å². The van der Waals surface area contributed by atoms with Crippen molar-refractivity contribution < 1.29 is 26.2 Å². The first-order valence-corrected chi connectivity index (χ1v) is 5.94. The van der Waals surface area contributed by atoms with Crippen molar-refractivity contribution in [2.75, 3.05) is 6.61 Å². The van der Waals surface area contributed by atoms with Gasteiger partial charge in [-0.3, -0.25) is 0 Å². The zero-order chi connectivity index (χ0) is 11.2. The SMILES string of the molecule is CCC(CC)COC([O][V])C(C)(C)C. The van der Waals surface area contributed by atoms with E-state index in [1.54, 1.807) is 0 Å². The third kappa shape index (κ3) is 5.40. The Hall–Kier alpha value is 0.504. The second kappa shape index (κ2) is 6.89. The summed E-state index contributed by atoms with van der Waals surface area (Å²) in [6.45, 7) is 11.6. The average Bonchev–Trinajstić information content (AvgIpc) is 2.10. The van der Waals surface area contributed by atoms with E-state index in [2.05, 4.69) is 52.4 Å². The van der Waals surface area contributed by atoms with Gasteiger partial charge in [-0.1, -0.05) is 0 Å². The molecule has 1 atom stereocenters. The van der Waals surface area contributed by atoms with Crippen molar-refractivity contribution in [1.82, 2.24) is 0 Å². The van der Waals surface area contributed by atoms with Gasteiger partial charge in [0, 0.05) is 0 Å². The van der Waals surface area contributed by atoms with Crippen LogP contribution in [0.15, 0.2) is 0 Å². The van der Waals surface area contributed by atoms with Crippen molar-refractivity contribution in [3.8, 4) is 0 Å². The van der Waals surface area contributed by atoms with Crippen LogP contribution in [0, 0.1) is 11.3 Å². The monoisotopic (exact) mass is 238 g/mol. The van der Waals surface area contributed by atoms with E-state index < -0.39 is 0 Å². The Morgan fingerprint density at radius 3 is 1.93 bits per heavy atom. The summed E-state index contributed by atoms with van der Waals surface area (Å²) in [7, 11) is 0. The molecule has 0 aliphatic rings. The molecule has 0 aromatic carbocycles. The summed E-state index contributed by atoms with van der Waals surface area (Å²) in [6, 6.07) is 0. The van der Waals surface area contributed by atoms with Crippen molar-refractivity contribution in [2.24, 2.45) is 11.3 Å². The minimum atomic E-state index is -0.122. The summed E-state index contributed by atoms with van der Waals surface area (Å²) < 4.78 is 11.0. The fourth-order valence-corrected chi connectivity index (χ4v) is 1.78. The molecule has 0 aromatic heterocycles. The molecule has 0 saturated carbocycles. The zero-order valence-corrected chi connectivity index (χ0v) is 11.4. The minimum absolute atomic E-state index is 0.0407. The fraction of sp³-hybridized carbons (Fsp3) is 1.00. The van der Waals surface area contributed by atoms with Gasteiger partial charge < -0.3 is 0 Å². The fourth-order valence-electron chi connectivity index (χ4n) is 1.19. The second-order valence-electron chi connectivity index (χ2n) is 4.82. The van der Waals surface area contributed by atoms with Gasteiger partial charge in [-0.2, -0.15) is 0 Å². The molecule has 1 unspecified atom stereocenters. The molecule has 0 aliphatic carbocycles. The molecule has 14 heavy (non-hydrogen) atoms. The Kier molecular flexibility index (Phi) is 7.14. The summed E-state index contributed by atoms with van der Waals surface area (Å²) in [4.78, 5) is 0. The van der Waals surface area contributed by atoms with E-state index >= 15 is 0 Å². The molecule has 2 nitrogen and oxygen atoms in total. The molecular formula is C11H23O2V. The number of rotatable bonds is 6. The first kappa shape index (κ1) is 14.5. The standard InChI is InChI=1S/C11H23O2.V/c1-6-9(7-2)8-13-10(12)11(3,4)5;/h9-10H,6-8H2,1-5H3;/q-1;+1. The van der Waals surface area contributed by atoms with Gasteiger partial charge in [0.1, 0.15) is 0 Å². The van der Waals surface area contributed by atoms with Gasteiger partial charge in [0.2, 0.25) is 0 Å². The van der Waals surface area contributed by atoms with Crippen molar-refractivity contribution in [2.45, 2.75) is 53.8 Å². The van der Waals surface area contributed by atoms with Gasteiger partial charge in [0.25, 0.3) is 0 Å². The van der Waals surface area contributed by atoms with Crippen LogP contribution in [-0.2, 0) is 26.2 Å². The van der Waals surface area contributed by atoms with Crippen molar-refractivity contribution in [3.05, 3.63) is 0 Å². The van der Waals surface area contributed by atoms with Crippen LogP contribution in [-0.4, -0.2) is 12.9 Å². The van der Waals surface area contributed by atoms with E-state index in [1.165, 1.54) is 12.8 Å². The molecule has 0 bridgehead atoms. The predicted molar refractivity (Wildman–Crippen MR) is 54.4 cm³/mol. The van der Waals surface area contributed by atoms with Crippen molar-refractivity contribution in [1.29, 1.82) is 0 Å². The Balaban J connectivity index is 3.95. The van der Waals surface area contributed by atoms with Crippen LogP contribution >= 0.6 is 0 Å². The third-order valence-electron chi connectivity index (χ3n) is 2.44. The molecule has 0 radical (unpaired) electrons. The molecule has 0 aliphatic heterocycles. The van der Waals surface area contributed by atoms with Gasteiger partial charge >= 0.3 is 97.9 Å². The quantitative estimate of drug-likeness (QED) is 0.661. The summed E-state index contributed by atoms with van der Waals surface area (Å²) >= 11 is 2.15. The molecule has 3 heteroatoms. The zero-order valence-electron chi connectivity index (χ0n) is 10.0. The van der Waals surface area contributed by atoms with Crippen molar-refractivity contribution >= 4 is 0 Å². The first-order chi connectivity index (χ1) is 6.45. The summed E-state index contributed by atoms with van der Waals surface area (Å²) in [5.74, 6) is 0.655. The third-order valence-corrected chi connectivity index (χ3v) is 2.74.